The van der Waals surface area contributed by atoms with E-state index in [1.54, 1.807) is 24.5 Å². The zero-order valence-corrected chi connectivity index (χ0v) is 13.8. The minimum atomic E-state index is -0.286. The summed E-state index contributed by atoms with van der Waals surface area (Å²) in [5.74, 6) is 0.252. The number of rotatable bonds is 4. The minimum absolute atomic E-state index is 0.286. The fourth-order valence-corrected chi connectivity index (χ4v) is 2.97. The first-order valence-corrected chi connectivity index (χ1v) is 8.24. The van der Waals surface area contributed by atoms with Gasteiger partial charge in [-0.15, -0.1) is 0 Å². The van der Waals surface area contributed by atoms with Crippen molar-refractivity contribution >= 4 is 33.8 Å². The Morgan fingerprint density at radius 3 is 2.80 bits per heavy atom. The second-order valence-electron chi connectivity index (χ2n) is 5.76. The van der Waals surface area contributed by atoms with E-state index in [9.17, 15) is 4.79 Å². The number of carbonyl (C=O) groups excluding carboxylic acids is 1. The molecule has 0 aliphatic carbocycles. The molecule has 0 fully saturated rings. The van der Waals surface area contributed by atoms with Gasteiger partial charge in [-0.2, -0.15) is 0 Å². The van der Waals surface area contributed by atoms with Gasteiger partial charge in [0.05, 0.1) is 16.6 Å². The largest absolute Gasteiger partial charge is 0.310 e. The van der Waals surface area contributed by atoms with Crippen LogP contribution in [0.15, 0.2) is 54.9 Å². The molecule has 0 atom stereocenters. The van der Waals surface area contributed by atoms with Gasteiger partial charge in [0.25, 0.3) is 5.91 Å². The minimum Gasteiger partial charge on any atom is -0.310 e. The molecule has 0 unspecified atom stereocenters. The zero-order valence-electron chi connectivity index (χ0n) is 13.8. The molecule has 124 valence electrons. The highest BCUT2D eigenvalue weighted by molar-refractivity contribution is 6.10. The van der Waals surface area contributed by atoms with Gasteiger partial charge in [-0.25, -0.2) is 4.98 Å². The third-order valence-corrected chi connectivity index (χ3v) is 4.07. The molecular formula is C19H17N5O. The van der Waals surface area contributed by atoms with Gasteiger partial charge in [-0.05, 0) is 36.8 Å². The molecule has 0 aliphatic rings. The Labute approximate surface area is 144 Å². The average Bonchev–Trinajstić information content (AvgIpc) is 2.99. The molecule has 0 spiro atoms. The number of aryl methyl sites for hydroxylation is 1. The van der Waals surface area contributed by atoms with Gasteiger partial charge < -0.3 is 4.57 Å². The summed E-state index contributed by atoms with van der Waals surface area (Å²) < 4.78 is 2.02. The van der Waals surface area contributed by atoms with Crippen LogP contribution in [0.25, 0.3) is 21.9 Å². The van der Waals surface area contributed by atoms with Crippen LogP contribution < -0.4 is 5.32 Å². The number of carbonyl (C=O) groups is 1. The molecule has 25 heavy (non-hydrogen) atoms. The molecule has 0 aliphatic heterocycles. The van der Waals surface area contributed by atoms with Crippen molar-refractivity contribution in [2.75, 3.05) is 5.32 Å². The topological polar surface area (TPSA) is 72.7 Å². The van der Waals surface area contributed by atoms with Crippen molar-refractivity contribution in [1.82, 2.24) is 19.5 Å². The maximum Gasteiger partial charge on any atom is 0.277 e. The molecular weight excluding hydrogens is 314 g/mol. The summed E-state index contributed by atoms with van der Waals surface area (Å²) in [5, 5.41) is 3.64. The van der Waals surface area contributed by atoms with Gasteiger partial charge >= 0.3 is 0 Å². The molecule has 0 bridgehead atoms. The molecule has 1 amide bonds. The van der Waals surface area contributed by atoms with E-state index < -0.39 is 0 Å². The van der Waals surface area contributed by atoms with E-state index in [0.29, 0.717) is 11.6 Å². The molecule has 0 radical (unpaired) electrons. The Bertz CT molecular complexity index is 1060. The lowest BCUT2D eigenvalue weighted by atomic mass is 10.2. The van der Waals surface area contributed by atoms with Gasteiger partial charge in [-0.3, -0.25) is 20.1 Å². The van der Waals surface area contributed by atoms with E-state index in [1.165, 1.54) is 0 Å². The summed E-state index contributed by atoms with van der Waals surface area (Å²) in [7, 11) is 0. The molecule has 1 aromatic carbocycles. The number of pyridine rings is 2. The van der Waals surface area contributed by atoms with Crippen molar-refractivity contribution in [3.05, 3.63) is 60.6 Å². The quantitative estimate of drug-likeness (QED) is 0.619. The summed E-state index contributed by atoms with van der Waals surface area (Å²) in [6.07, 6.45) is 4.24. The van der Waals surface area contributed by atoms with Crippen LogP contribution in [-0.4, -0.2) is 25.4 Å². The first-order valence-electron chi connectivity index (χ1n) is 8.24. The number of amides is 1. The number of imidazole rings is 1. The Kier molecular flexibility index (Phi) is 3.85. The fraction of sp³-hybridized carbons (Fsp3) is 0.158. The molecule has 4 aromatic rings. The molecule has 0 saturated heterocycles. The van der Waals surface area contributed by atoms with Crippen LogP contribution in [0.1, 0.15) is 23.8 Å². The molecule has 6 heteroatoms. The number of nitrogens with zero attached hydrogens (tertiary/aromatic N) is 4. The van der Waals surface area contributed by atoms with E-state index in [-0.39, 0.29) is 5.91 Å². The van der Waals surface area contributed by atoms with Crippen molar-refractivity contribution in [1.29, 1.82) is 0 Å². The number of anilines is 1. The molecule has 3 aromatic heterocycles. The van der Waals surface area contributed by atoms with E-state index in [0.717, 1.165) is 34.9 Å². The highest BCUT2D eigenvalue weighted by atomic mass is 16.2. The molecule has 4 rings (SSSR count). The number of hydrogen-bond acceptors (Lipinski definition) is 4. The van der Waals surface area contributed by atoms with E-state index in [4.69, 9.17) is 0 Å². The number of para-hydroxylation sites is 2. The highest BCUT2D eigenvalue weighted by Gasteiger charge is 2.16. The zero-order chi connectivity index (χ0) is 17.2. The first kappa shape index (κ1) is 15.3. The number of hydrogen-bond donors (Lipinski definition) is 1. The van der Waals surface area contributed by atoms with Crippen LogP contribution in [-0.2, 0) is 6.54 Å². The van der Waals surface area contributed by atoms with Gasteiger partial charge in [0.1, 0.15) is 5.69 Å². The van der Waals surface area contributed by atoms with Gasteiger partial charge in [-0.1, -0.05) is 19.1 Å². The molecule has 3 heterocycles. The fourth-order valence-electron chi connectivity index (χ4n) is 2.97. The number of fused-ring (bicyclic) bond motifs is 2. The Morgan fingerprint density at radius 2 is 1.92 bits per heavy atom. The van der Waals surface area contributed by atoms with Crippen molar-refractivity contribution in [3.8, 4) is 0 Å². The van der Waals surface area contributed by atoms with Crippen LogP contribution in [0.5, 0.6) is 0 Å². The van der Waals surface area contributed by atoms with Crippen LogP contribution >= 0.6 is 0 Å². The van der Waals surface area contributed by atoms with Gasteiger partial charge in [0.2, 0.25) is 5.95 Å². The number of benzene rings is 1. The van der Waals surface area contributed by atoms with Crippen molar-refractivity contribution in [2.24, 2.45) is 0 Å². The van der Waals surface area contributed by atoms with Crippen LogP contribution in [0, 0.1) is 0 Å². The monoisotopic (exact) mass is 331 g/mol. The summed E-state index contributed by atoms with van der Waals surface area (Å²) in [5.41, 5.74) is 2.96. The maximum absolute atomic E-state index is 12.8. The lowest BCUT2D eigenvalue weighted by molar-refractivity contribution is 0.102. The lowest BCUT2D eigenvalue weighted by Gasteiger charge is -2.09. The predicted octanol–water partition coefficient (Wildman–Crippen LogP) is 3.64. The summed E-state index contributed by atoms with van der Waals surface area (Å²) in [6.45, 7) is 2.87. The van der Waals surface area contributed by atoms with Crippen LogP contribution in [0.2, 0.25) is 0 Å². The first-order chi connectivity index (χ1) is 12.3. The smallest absolute Gasteiger partial charge is 0.277 e. The Hall–Kier alpha value is -3.28. The lowest BCUT2D eigenvalue weighted by Crippen LogP contribution is -2.17. The number of aromatic nitrogens is 4. The second kappa shape index (κ2) is 6.32. The van der Waals surface area contributed by atoms with Gasteiger partial charge in [0.15, 0.2) is 0 Å². The average molecular weight is 331 g/mol. The van der Waals surface area contributed by atoms with E-state index in [2.05, 4.69) is 27.2 Å². The van der Waals surface area contributed by atoms with Crippen LogP contribution in [0.3, 0.4) is 0 Å². The van der Waals surface area contributed by atoms with Crippen molar-refractivity contribution < 1.29 is 4.79 Å². The summed E-state index contributed by atoms with van der Waals surface area (Å²) in [6, 6.07) is 13.3. The summed E-state index contributed by atoms with van der Waals surface area (Å²) in [4.78, 5) is 25.9. The predicted molar refractivity (Wildman–Crippen MR) is 97.5 cm³/mol. The molecule has 1 N–H and O–H groups in total. The highest BCUT2D eigenvalue weighted by Crippen LogP contribution is 2.21. The molecule has 6 nitrogen and oxygen atoms in total. The third kappa shape index (κ3) is 2.71. The molecule has 0 saturated carbocycles. The summed E-state index contributed by atoms with van der Waals surface area (Å²) >= 11 is 0. The van der Waals surface area contributed by atoms with Crippen molar-refractivity contribution in [2.45, 2.75) is 19.9 Å². The van der Waals surface area contributed by atoms with Crippen LogP contribution in [0.4, 0.5) is 5.95 Å². The third-order valence-electron chi connectivity index (χ3n) is 4.07. The van der Waals surface area contributed by atoms with Gasteiger partial charge in [0, 0.05) is 24.3 Å². The van der Waals surface area contributed by atoms with E-state index in [1.807, 2.05) is 34.9 Å². The van der Waals surface area contributed by atoms with Crippen molar-refractivity contribution in [3.63, 3.8) is 0 Å². The standard InChI is InChI=1S/C19H17N5O/c1-2-12-24-16-8-4-3-7-15(16)22-19(24)23-18(25)17-13-6-5-10-20-14(13)9-11-21-17/h3-11H,2,12H2,1H3,(H,22,23,25). The Morgan fingerprint density at radius 1 is 1.04 bits per heavy atom. The Balaban J connectivity index is 1.75. The number of nitrogens with one attached hydrogen (secondary N) is 1. The van der Waals surface area contributed by atoms with E-state index >= 15 is 0 Å². The normalized spacial score (nSPS) is 11.1. The maximum atomic E-state index is 12.8. The second-order valence-corrected chi connectivity index (χ2v) is 5.76. The SMILES string of the molecule is CCCn1c(NC(=O)c2nccc3ncccc23)nc2ccccc21.